The van der Waals surface area contributed by atoms with Crippen LogP contribution in [0.1, 0.15) is 27.2 Å². The lowest BCUT2D eigenvalue weighted by molar-refractivity contribution is -0.274. The molecule has 0 spiro atoms. The van der Waals surface area contributed by atoms with Crippen LogP contribution in [-0.4, -0.2) is 22.0 Å². The first-order valence-corrected chi connectivity index (χ1v) is 10.5. The number of aromatic nitrogens is 1. The van der Waals surface area contributed by atoms with Gasteiger partial charge in [0.1, 0.15) is 5.75 Å². The highest BCUT2D eigenvalue weighted by Crippen LogP contribution is 2.24. The lowest BCUT2D eigenvalue weighted by Crippen LogP contribution is -2.24. The first-order chi connectivity index (χ1) is 15.1. The van der Waals surface area contributed by atoms with E-state index in [4.69, 9.17) is 5.11 Å². The molecule has 0 aliphatic rings. The van der Waals surface area contributed by atoms with Crippen molar-refractivity contribution in [1.82, 2.24) is 4.57 Å². The Bertz CT molecular complexity index is 1160. The summed E-state index contributed by atoms with van der Waals surface area (Å²) in [6.45, 7) is 0.372. The zero-order valence-electron chi connectivity index (χ0n) is 16.7. The number of aryl methyl sites for hydroxylation is 2. The highest BCUT2D eigenvalue weighted by atomic mass is 79.9. The summed E-state index contributed by atoms with van der Waals surface area (Å²) in [6.07, 6.45) is -3.42. The number of aromatic carboxylic acids is 1. The largest absolute Gasteiger partial charge is 0.573 e. The van der Waals surface area contributed by atoms with Gasteiger partial charge in [-0.25, -0.2) is 4.79 Å². The smallest absolute Gasteiger partial charge is 0.478 e. The van der Waals surface area contributed by atoms with Gasteiger partial charge in [0.25, 0.3) is 5.56 Å². The number of rotatable bonds is 8. The van der Waals surface area contributed by atoms with Gasteiger partial charge in [-0.3, -0.25) is 4.79 Å². The molecule has 1 aromatic heterocycles. The minimum atomic E-state index is -4.76. The molecule has 0 aliphatic heterocycles. The van der Waals surface area contributed by atoms with Crippen LogP contribution in [0, 0.1) is 0 Å². The van der Waals surface area contributed by atoms with Gasteiger partial charge in [0.15, 0.2) is 0 Å². The fraction of sp³-hybridized carbons (Fsp3) is 0.217. The van der Waals surface area contributed by atoms with Crippen molar-refractivity contribution in [1.29, 1.82) is 0 Å². The zero-order valence-corrected chi connectivity index (χ0v) is 18.3. The maximum Gasteiger partial charge on any atom is 0.573 e. The molecule has 0 bridgehead atoms. The van der Waals surface area contributed by atoms with Gasteiger partial charge in [0.2, 0.25) is 0 Å². The van der Waals surface area contributed by atoms with Gasteiger partial charge in [0.05, 0.1) is 5.56 Å². The standard InChI is InChI=1S/C23H19BrF3NO4/c24-19-9-11-21(29)28(13-12-15-4-7-17(8-5-15)22(30)31)20(19)10-6-16-2-1-3-18(14-16)32-23(25,26)27/h1-5,7-9,11,14H,6,10,12-13H2,(H,30,31). The molecule has 0 fully saturated rings. The second-order valence-electron chi connectivity index (χ2n) is 7.07. The second-order valence-corrected chi connectivity index (χ2v) is 7.92. The fourth-order valence-corrected chi connectivity index (χ4v) is 3.85. The van der Waals surface area contributed by atoms with Gasteiger partial charge in [-0.05, 0) is 76.7 Å². The number of hydrogen-bond donors (Lipinski definition) is 1. The molecule has 3 rings (SSSR count). The molecule has 9 heteroatoms. The molecular formula is C23H19BrF3NO4. The number of nitrogens with zero attached hydrogens (tertiary/aromatic N) is 1. The lowest BCUT2D eigenvalue weighted by Gasteiger charge is -2.15. The molecule has 0 unspecified atom stereocenters. The minimum Gasteiger partial charge on any atom is -0.478 e. The number of benzene rings is 2. The van der Waals surface area contributed by atoms with E-state index < -0.39 is 12.3 Å². The first-order valence-electron chi connectivity index (χ1n) is 9.67. The van der Waals surface area contributed by atoms with E-state index in [9.17, 15) is 22.8 Å². The third-order valence-corrected chi connectivity index (χ3v) is 5.57. The van der Waals surface area contributed by atoms with Crippen molar-refractivity contribution < 1.29 is 27.8 Å². The molecule has 0 amide bonds. The maximum atomic E-state index is 12.5. The molecule has 168 valence electrons. The molecule has 0 saturated heterocycles. The number of carboxylic acids is 1. The Kier molecular flexibility index (Phi) is 7.40. The normalized spacial score (nSPS) is 11.4. The van der Waals surface area contributed by atoms with Crippen molar-refractivity contribution in [2.45, 2.75) is 32.2 Å². The average molecular weight is 510 g/mol. The summed E-state index contributed by atoms with van der Waals surface area (Å²) in [5.74, 6) is -1.30. The summed E-state index contributed by atoms with van der Waals surface area (Å²) in [4.78, 5) is 23.5. The van der Waals surface area contributed by atoms with E-state index in [0.29, 0.717) is 31.4 Å². The van der Waals surface area contributed by atoms with Crippen molar-refractivity contribution in [3.63, 3.8) is 0 Å². The maximum absolute atomic E-state index is 12.5. The van der Waals surface area contributed by atoms with Crippen LogP contribution < -0.4 is 10.3 Å². The van der Waals surface area contributed by atoms with Crippen molar-refractivity contribution in [2.75, 3.05) is 0 Å². The van der Waals surface area contributed by atoms with Gasteiger partial charge in [-0.15, -0.1) is 13.2 Å². The monoisotopic (exact) mass is 509 g/mol. The predicted octanol–water partition coefficient (Wildman–Crippen LogP) is 5.24. The molecular weight excluding hydrogens is 491 g/mol. The second kappa shape index (κ2) is 10.0. The number of hydrogen-bond acceptors (Lipinski definition) is 3. The van der Waals surface area contributed by atoms with E-state index in [1.54, 1.807) is 28.8 Å². The van der Waals surface area contributed by atoms with Gasteiger partial charge in [0, 0.05) is 22.8 Å². The molecule has 3 aromatic rings. The number of halogens is 4. The van der Waals surface area contributed by atoms with Crippen LogP contribution in [0.4, 0.5) is 13.2 Å². The van der Waals surface area contributed by atoms with Crippen molar-refractivity contribution in [2.24, 2.45) is 0 Å². The lowest BCUT2D eigenvalue weighted by atomic mass is 10.1. The highest BCUT2D eigenvalue weighted by Gasteiger charge is 2.31. The third kappa shape index (κ3) is 6.46. The van der Waals surface area contributed by atoms with Crippen LogP contribution in [0.3, 0.4) is 0 Å². The van der Waals surface area contributed by atoms with E-state index in [2.05, 4.69) is 20.7 Å². The summed E-state index contributed by atoms with van der Waals surface area (Å²) in [7, 11) is 0. The summed E-state index contributed by atoms with van der Waals surface area (Å²) in [5.41, 5.74) is 2.24. The van der Waals surface area contributed by atoms with Crippen LogP contribution in [0.5, 0.6) is 5.75 Å². The molecule has 2 aromatic carbocycles. The molecule has 1 N–H and O–H groups in total. The number of pyridine rings is 1. The van der Waals surface area contributed by atoms with E-state index >= 15 is 0 Å². The van der Waals surface area contributed by atoms with Crippen LogP contribution >= 0.6 is 15.9 Å². The molecule has 0 atom stereocenters. The molecule has 0 aliphatic carbocycles. The average Bonchev–Trinajstić information content (AvgIpc) is 2.73. The fourth-order valence-electron chi connectivity index (χ4n) is 3.31. The molecule has 0 radical (unpaired) electrons. The first kappa shape index (κ1) is 23.6. The van der Waals surface area contributed by atoms with E-state index in [1.165, 1.54) is 36.4 Å². The molecule has 32 heavy (non-hydrogen) atoms. The van der Waals surface area contributed by atoms with Gasteiger partial charge < -0.3 is 14.4 Å². The topological polar surface area (TPSA) is 68.5 Å². The zero-order chi connectivity index (χ0) is 23.3. The van der Waals surface area contributed by atoms with Crippen LogP contribution in [-0.2, 0) is 25.8 Å². The van der Waals surface area contributed by atoms with Gasteiger partial charge in [-0.1, -0.05) is 24.3 Å². The highest BCUT2D eigenvalue weighted by molar-refractivity contribution is 9.10. The number of carbonyl (C=O) groups is 1. The quantitative estimate of drug-likeness (QED) is 0.451. The van der Waals surface area contributed by atoms with E-state index in [1.807, 2.05) is 0 Å². The van der Waals surface area contributed by atoms with E-state index in [-0.39, 0.29) is 16.9 Å². The van der Waals surface area contributed by atoms with Gasteiger partial charge in [-0.2, -0.15) is 0 Å². The Labute approximate surface area is 190 Å². The summed E-state index contributed by atoms with van der Waals surface area (Å²) in [5, 5.41) is 9.00. The van der Waals surface area contributed by atoms with Crippen molar-refractivity contribution in [3.05, 3.63) is 97.9 Å². The summed E-state index contributed by atoms with van der Waals surface area (Å²) >= 11 is 3.46. The Morgan fingerprint density at radius 2 is 1.69 bits per heavy atom. The minimum absolute atomic E-state index is 0.186. The Hall–Kier alpha value is -3.07. The Balaban J connectivity index is 1.75. The molecule has 5 nitrogen and oxygen atoms in total. The molecule has 0 saturated carbocycles. The van der Waals surface area contributed by atoms with Gasteiger partial charge >= 0.3 is 12.3 Å². The predicted molar refractivity (Wildman–Crippen MR) is 116 cm³/mol. The Morgan fingerprint density at radius 3 is 2.34 bits per heavy atom. The number of alkyl halides is 3. The van der Waals surface area contributed by atoms with Crippen molar-refractivity contribution in [3.8, 4) is 5.75 Å². The number of ether oxygens (including phenoxy) is 1. The molecule has 1 heterocycles. The number of carboxylic acid groups (broad SMARTS) is 1. The Morgan fingerprint density at radius 1 is 0.969 bits per heavy atom. The SMILES string of the molecule is O=C(O)c1ccc(CCn2c(CCc3cccc(OC(F)(F)F)c3)c(Br)ccc2=O)cc1. The summed E-state index contributed by atoms with van der Waals surface area (Å²) in [6, 6.07) is 15.3. The van der Waals surface area contributed by atoms with Crippen molar-refractivity contribution >= 4 is 21.9 Å². The van der Waals surface area contributed by atoms with Crippen LogP contribution in [0.15, 0.2) is 69.9 Å². The van der Waals surface area contributed by atoms with Crippen LogP contribution in [0.25, 0.3) is 0 Å². The summed E-state index contributed by atoms with van der Waals surface area (Å²) < 4.78 is 43.7. The van der Waals surface area contributed by atoms with E-state index in [0.717, 1.165) is 15.7 Å². The third-order valence-electron chi connectivity index (χ3n) is 4.85. The van der Waals surface area contributed by atoms with Crippen LogP contribution in [0.2, 0.25) is 0 Å².